The summed E-state index contributed by atoms with van der Waals surface area (Å²) in [6.45, 7) is 1.03. The number of fused-ring (bicyclic) bond motifs is 2. The number of nitrogens with zero attached hydrogens (tertiary/aromatic N) is 3. The van der Waals surface area contributed by atoms with E-state index in [2.05, 4.69) is 9.76 Å². The Hall–Kier alpha value is -2.16. The summed E-state index contributed by atoms with van der Waals surface area (Å²) in [6.07, 6.45) is 0.886. The molecule has 3 aliphatic rings. The number of likely N-dealkylation sites (tertiary alicyclic amines) is 1. The van der Waals surface area contributed by atoms with Gasteiger partial charge in [0.15, 0.2) is 5.96 Å². The lowest BCUT2D eigenvalue weighted by Crippen LogP contribution is -2.50. The van der Waals surface area contributed by atoms with Crippen molar-refractivity contribution in [2.45, 2.75) is 37.5 Å². The van der Waals surface area contributed by atoms with E-state index >= 15 is 0 Å². The van der Waals surface area contributed by atoms with E-state index in [0.717, 1.165) is 0 Å². The molecule has 3 heterocycles. The molecule has 3 aliphatic heterocycles. The molecule has 3 amide bonds. The van der Waals surface area contributed by atoms with Crippen molar-refractivity contribution < 1.29 is 31.7 Å². The molecule has 0 radical (unpaired) electrons. The zero-order chi connectivity index (χ0) is 19.1. The van der Waals surface area contributed by atoms with E-state index in [1.165, 1.54) is 4.90 Å². The number of carbonyl (C=O) groups excluding carboxylic acids is 2. The minimum atomic E-state index is -4.83. The lowest BCUT2D eigenvalue weighted by Gasteiger charge is -2.29. The van der Waals surface area contributed by atoms with Gasteiger partial charge < -0.3 is 15.5 Å². The quantitative estimate of drug-likeness (QED) is 0.178. The zero-order valence-electron chi connectivity index (χ0n) is 13.7. The van der Waals surface area contributed by atoms with Gasteiger partial charge in [0.2, 0.25) is 0 Å². The van der Waals surface area contributed by atoms with Crippen LogP contribution in [0.5, 0.6) is 0 Å². The Labute approximate surface area is 149 Å². The largest absolute Gasteiger partial charge is 0.418 e. The molecule has 5 N–H and O–H groups in total. The SMILES string of the molecule is N=C(N)N1CC[C@H](ONC(=O)[C@@H]2CC[C@@H]3CN2C(=O)N3OS(=O)(=O)O)C1. The van der Waals surface area contributed by atoms with E-state index in [9.17, 15) is 18.0 Å². The van der Waals surface area contributed by atoms with Crippen molar-refractivity contribution in [2.75, 3.05) is 19.6 Å². The summed E-state index contributed by atoms with van der Waals surface area (Å²) in [7, 11) is -4.83. The van der Waals surface area contributed by atoms with Crippen LogP contribution in [0.3, 0.4) is 0 Å². The average molecular weight is 392 g/mol. The highest BCUT2D eigenvalue weighted by Gasteiger charge is 2.49. The van der Waals surface area contributed by atoms with E-state index in [0.29, 0.717) is 37.4 Å². The second-order valence-corrected chi connectivity index (χ2v) is 7.34. The number of carbonyl (C=O) groups is 2. The molecule has 0 aromatic carbocycles. The third-order valence-corrected chi connectivity index (χ3v) is 4.96. The Kier molecular flexibility index (Phi) is 4.92. The molecule has 146 valence electrons. The Balaban J connectivity index is 1.55. The van der Waals surface area contributed by atoms with Gasteiger partial charge in [-0.15, -0.1) is 4.28 Å². The van der Waals surface area contributed by atoms with Crippen LogP contribution in [0.15, 0.2) is 0 Å². The van der Waals surface area contributed by atoms with Gasteiger partial charge in [-0.1, -0.05) is 0 Å². The number of hydrogen-bond acceptors (Lipinski definition) is 7. The van der Waals surface area contributed by atoms with Gasteiger partial charge in [0, 0.05) is 19.6 Å². The maximum absolute atomic E-state index is 12.4. The van der Waals surface area contributed by atoms with Crippen molar-refractivity contribution in [3.63, 3.8) is 0 Å². The number of piperidine rings is 1. The van der Waals surface area contributed by atoms with E-state index < -0.39 is 34.4 Å². The van der Waals surface area contributed by atoms with Crippen molar-refractivity contribution >= 4 is 28.3 Å². The molecule has 3 atom stereocenters. The van der Waals surface area contributed by atoms with Gasteiger partial charge in [-0.3, -0.25) is 19.6 Å². The van der Waals surface area contributed by atoms with E-state index in [1.807, 2.05) is 0 Å². The average Bonchev–Trinajstić information content (AvgIpc) is 3.12. The first-order chi connectivity index (χ1) is 12.2. The minimum Gasteiger partial charge on any atom is -0.370 e. The fraction of sp³-hybridized carbons (Fsp3) is 0.750. The molecule has 3 rings (SSSR count). The molecule has 0 saturated carbocycles. The Morgan fingerprint density at radius 1 is 1.31 bits per heavy atom. The molecular formula is C12H20N6O7S. The number of guanidine groups is 1. The van der Waals surface area contributed by atoms with Crippen LogP contribution in [0.25, 0.3) is 0 Å². The lowest BCUT2D eigenvalue weighted by molar-refractivity contribution is -0.143. The van der Waals surface area contributed by atoms with Gasteiger partial charge in [-0.2, -0.15) is 13.5 Å². The highest BCUT2D eigenvalue weighted by atomic mass is 32.3. The minimum absolute atomic E-state index is 0.0673. The highest BCUT2D eigenvalue weighted by Crippen LogP contribution is 2.30. The first-order valence-electron chi connectivity index (χ1n) is 7.97. The predicted octanol–water partition coefficient (Wildman–Crippen LogP) is -2.00. The predicted molar refractivity (Wildman–Crippen MR) is 84.5 cm³/mol. The van der Waals surface area contributed by atoms with Gasteiger partial charge in [-0.25, -0.2) is 10.3 Å². The summed E-state index contributed by atoms with van der Waals surface area (Å²) in [4.78, 5) is 32.7. The third kappa shape index (κ3) is 3.82. The summed E-state index contributed by atoms with van der Waals surface area (Å²) in [5, 5.41) is 7.93. The number of nitrogens with two attached hydrogens (primary N) is 1. The maximum atomic E-state index is 12.4. The molecule has 3 fully saturated rings. The Bertz CT molecular complexity index is 715. The van der Waals surface area contributed by atoms with Crippen molar-refractivity contribution in [3.05, 3.63) is 0 Å². The molecule has 14 heteroatoms. The summed E-state index contributed by atoms with van der Waals surface area (Å²) in [5.74, 6) is -0.603. The zero-order valence-corrected chi connectivity index (χ0v) is 14.5. The molecule has 2 bridgehead atoms. The van der Waals surface area contributed by atoms with Crippen molar-refractivity contribution in [1.29, 1.82) is 5.41 Å². The second-order valence-electron chi connectivity index (χ2n) is 6.34. The summed E-state index contributed by atoms with van der Waals surface area (Å²) >= 11 is 0. The second kappa shape index (κ2) is 6.86. The topological polar surface area (TPSA) is 179 Å². The molecule has 0 aliphatic carbocycles. The van der Waals surface area contributed by atoms with Crippen LogP contribution in [0.2, 0.25) is 0 Å². The molecule has 0 unspecified atom stereocenters. The molecule has 26 heavy (non-hydrogen) atoms. The number of amides is 3. The fourth-order valence-corrected chi connectivity index (χ4v) is 3.75. The van der Waals surface area contributed by atoms with Crippen molar-refractivity contribution in [2.24, 2.45) is 5.73 Å². The standard InChI is InChI=1S/C12H20N6O7S/c13-11(14)16-4-3-8(6-16)24-15-10(19)9-2-1-7-5-17(9)12(20)18(7)25-26(21,22)23/h7-9H,1-6H2,(H3,13,14)(H,15,19)(H,21,22,23)/t7-,8+,9+/m1/s1. The van der Waals surface area contributed by atoms with Gasteiger partial charge >= 0.3 is 16.4 Å². The Morgan fingerprint density at radius 2 is 2.04 bits per heavy atom. The van der Waals surface area contributed by atoms with Gasteiger partial charge in [0.25, 0.3) is 5.91 Å². The smallest absolute Gasteiger partial charge is 0.370 e. The van der Waals surface area contributed by atoms with Gasteiger partial charge in [0.05, 0.1) is 6.04 Å². The number of rotatable bonds is 5. The molecule has 13 nitrogen and oxygen atoms in total. The number of nitrogens with one attached hydrogen (secondary N) is 2. The van der Waals surface area contributed by atoms with E-state index in [4.69, 9.17) is 20.5 Å². The van der Waals surface area contributed by atoms with Crippen LogP contribution in [0.1, 0.15) is 19.3 Å². The lowest BCUT2D eigenvalue weighted by atomic mass is 10.0. The van der Waals surface area contributed by atoms with Crippen LogP contribution in [-0.4, -0.2) is 83.6 Å². The summed E-state index contributed by atoms with van der Waals surface area (Å²) < 4.78 is 34.8. The summed E-state index contributed by atoms with van der Waals surface area (Å²) in [5.41, 5.74) is 7.71. The first kappa shape index (κ1) is 18.6. The van der Waals surface area contributed by atoms with Crippen LogP contribution >= 0.6 is 0 Å². The normalized spacial score (nSPS) is 28.6. The highest BCUT2D eigenvalue weighted by molar-refractivity contribution is 7.80. The number of hydroxylamine groups is 3. The van der Waals surface area contributed by atoms with Crippen LogP contribution in [-0.2, 0) is 24.3 Å². The summed E-state index contributed by atoms with van der Waals surface area (Å²) in [6, 6.07) is -2.21. The molecule has 3 saturated heterocycles. The number of urea groups is 1. The van der Waals surface area contributed by atoms with Crippen LogP contribution < -0.4 is 11.2 Å². The van der Waals surface area contributed by atoms with Gasteiger partial charge in [0.1, 0.15) is 12.1 Å². The Morgan fingerprint density at radius 3 is 2.65 bits per heavy atom. The number of hydrogen-bond donors (Lipinski definition) is 4. The molecular weight excluding hydrogens is 372 g/mol. The molecule has 0 spiro atoms. The van der Waals surface area contributed by atoms with Crippen LogP contribution in [0, 0.1) is 5.41 Å². The molecule has 0 aromatic heterocycles. The third-order valence-electron chi connectivity index (χ3n) is 4.61. The van der Waals surface area contributed by atoms with E-state index in [1.54, 1.807) is 4.90 Å². The van der Waals surface area contributed by atoms with Crippen LogP contribution in [0.4, 0.5) is 4.79 Å². The molecule has 0 aromatic rings. The van der Waals surface area contributed by atoms with Crippen molar-refractivity contribution in [3.8, 4) is 0 Å². The first-order valence-corrected chi connectivity index (χ1v) is 9.33. The van der Waals surface area contributed by atoms with E-state index in [-0.39, 0.29) is 18.6 Å². The van der Waals surface area contributed by atoms with Gasteiger partial charge in [-0.05, 0) is 19.3 Å². The fourth-order valence-electron chi connectivity index (χ4n) is 3.36. The maximum Gasteiger partial charge on any atom is 0.418 e. The monoisotopic (exact) mass is 392 g/mol. The van der Waals surface area contributed by atoms with Crippen molar-refractivity contribution in [1.82, 2.24) is 20.3 Å².